The average molecular weight is 240 g/mol. The summed E-state index contributed by atoms with van der Waals surface area (Å²) in [5.74, 6) is 0.521. The normalized spacial score (nSPS) is 18.2. The molecule has 0 saturated heterocycles. The highest BCUT2D eigenvalue weighted by atomic mass is 79.9. The van der Waals surface area contributed by atoms with Crippen molar-refractivity contribution in [1.29, 1.82) is 5.26 Å². The summed E-state index contributed by atoms with van der Waals surface area (Å²) in [6.07, 6.45) is 6.06. The van der Waals surface area contributed by atoms with Crippen molar-refractivity contribution >= 4 is 15.9 Å². The van der Waals surface area contributed by atoms with Gasteiger partial charge in [-0.25, -0.2) is 4.98 Å². The third-order valence-electron chi connectivity index (χ3n) is 2.56. The molecule has 1 aliphatic carbocycles. The predicted octanol–water partition coefficient (Wildman–Crippen LogP) is 1.93. The molecule has 2 rings (SSSR count). The number of hydrogen-bond donors (Lipinski definition) is 0. The van der Waals surface area contributed by atoms with Gasteiger partial charge in [-0.2, -0.15) is 5.26 Å². The van der Waals surface area contributed by atoms with E-state index in [0.29, 0.717) is 11.2 Å². The monoisotopic (exact) mass is 239 g/mol. The van der Waals surface area contributed by atoms with Gasteiger partial charge in [0.05, 0.1) is 0 Å². The SMILES string of the molecule is N#Cc1nccn1CC1(CBr)CC1. The van der Waals surface area contributed by atoms with Gasteiger partial charge in [0.15, 0.2) is 0 Å². The maximum Gasteiger partial charge on any atom is 0.212 e. The molecule has 0 unspecified atom stereocenters. The van der Waals surface area contributed by atoms with Crippen molar-refractivity contribution in [3.8, 4) is 6.07 Å². The first kappa shape index (κ1) is 8.76. The Morgan fingerprint density at radius 3 is 3.00 bits per heavy atom. The minimum atomic E-state index is 0.395. The van der Waals surface area contributed by atoms with Crippen LogP contribution in [-0.2, 0) is 6.54 Å². The highest BCUT2D eigenvalue weighted by Crippen LogP contribution is 2.48. The van der Waals surface area contributed by atoms with Crippen LogP contribution in [0.1, 0.15) is 18.7 Å². The lowest BCUT2D eigenvalue weighted by Crippen LogP contribution is -2.13. The quantitative estimate of drug-likeness (QED) is 0.757. The van der Waals surface area contributed by atoms with Crippen LogP contribution in [0.25, 0.3) is 0 Å². The molecule has 1 aliphatic rings. The fourth-order valence-electron chi connectivity index (χ4n) is 1.42. The van der Waals surface area contributed by atoms with Gasteiger partial charge in [-0.15, -0.1) is 0 Å². The minimum Gasteiger partial charge on any atom is -0.322 e. The maximum absolute atomic E-state index is 8.75. The van der Waals surface area contributed by atoms with Crippen molar-refractivity contribution < 1.29 is 0 Å². The predicted molar refractivity (Wildman–Crippen MR) is 52.4 cm³/mol. The Balaban J connectivity index is 2.14. The van der Waals surface area contributed by atoms with E-state index in [1.807, 2.05) is 10.8 Å². The zero-order chi connectivity index (χ0) is 9.31. The summed E-state index contributed by atoms with van der Waals surface area (Å²) in [6, 6.07) is 2.09. The molecule has 0 atom stereocenters. The van der Waals surface area contributed by atoms with Gasteiger partial charge >= 0.3 is 0 Å². The van der Waals surface area contributed by atoms with E-state index in [1.54, 1.807) is 6.20 Å². The Kier molecular flexibility index (Phi) is 2.12. The minimum absolute atomic E-state index is 0.395. The number of rotatable bonds is 3. The Morgan fingerprint density at radius 2 is 2.46 bits per heavy atom. The van der Waals surface area contributed by atoms with Crippen molar-refractivity contribution in [3.63, 3.8) is 0 Å². The first-order valence-corrected chi connectivity index (χ1v) is 5.39. The van der Waals surface area contributed by atoms with Gasteiger partial charge in [-0.1, -0.05) is 15.9 Å². The lowest BCUT2D eigenvalue weighted by atomic mass is 10.1. The molecule has 0 spiro atoms. The first-order valence-electron chi connectivity index (χ1n) is 4.27. The summed E-state index contributed by atoms with van der Waals surface area (Å²) in [6.45, 7) is 0.918. The molecule has 0 aromatic carbocycles. The van der Waals surface area contributed by atoms with Crippen LogP contribution in [0.2, 0.25) is 0 Å². The molecule has 0 amide bonds. The van der Waals surface area contributed by atoms with Gasteiger partial charge in [0.1, 0.15) is 6.07 Å². The molecule has 0 aliphatic heterocycles. The van der Waals surface area contributed by atoms with Crippen molar-refractivity contribution in [2.24, 2.45) is 5.41 Å². The Labute approximate surface area is 85.5 Å². The largest absolute Gasteiger partial charge is 0.322 e. The molecule has 0 radical (unpaired) electrons. The molecule has 0 bridgehead atoms. The van der Waals surface area contributed by atoms with E-state index in [4.69, 9.17) is 5.26 Å². The summed E-state index contributed by atoms with van der Waals surface area (Å²) in [4.78, 5) is 3.97. The maximum atomic E-state index is 8.75. The van der Waals surface area contributed by atoms with Crippen molar-refractivity contribution in [1.82, 2.24) is 9.55 Å². The van der Waals surface area contributed by atoms with Crippen molar-refractivity contribution in [3.05, 3.63) is 18.2 Å². The van der Waals surface area contributed by atoms with Gasteiger partial charge in [0.25, 0.3) is 0 Å². The summed E-state index contributed by atoms with van der Waals surface area (Å²) in [5, 5.41) is 9.77. The lowest BCUT2D eigenvalue weighted by molar-refractivity contribution is 0.472. The van der Waals surface area contributed by atoms with E-state index in [1.165, 1.54) is 12.8 Å². The van der Waals surface area contributed by atoms with Crippen LogP contribution in [0, 0.1) is 16.7 Å². The van der Waals surface area contributed by atoms with Crippen LogP contribution in [-0.4, -0.2) is 14.9 Å². The van der Waals surface area contributed by atoms with E-state index in [0.717, 1.165) is 11.9 Å². The number of imidazole rings is 1. The zero-order valence-electron chi connectivity index (χ0n) is 7.20. The molecule has 1 heterocycles. The molecule has 1 aromatic heterocycles. The van der Waals surface area contributed by atoms with Crippen LogP contribution in [0.4, 0.5) is 0 Å². The molecule has 68 valence electrons. The fraction of sp³-hybridized carbons (Fsp3) is 0.556. The number of alkyl halides is 1. The topological polar surface area (TPSA) is 41.6 Å². The van der Waals surface area contributed by atoms with Crippen LogP contribution in [0.3, 0.4) is 0 Å². The van der Waals surface area contributed by atoms with Crippen molar-refractivity contribution in [2.75, 3.05) is 5.33 Å². The smallest absolute Gasteiger partial charge is 0.212 e. The fourth-order valence-corrected chi connectivity index (χ4v) is 2.16. The van der Waals surface area contributed by atoms with E-state index < -0.39 is 0 Å². The summed E-state index contributed by atoms with van der Waals surface area (Å²) in [7, 11) is 0. The van der Waals surface area contributed by atoms with Gasteiger partial charge in [-0.05, 0) is 18.3 Å². The molecule has 0 N–H and O–H groups in total. The third-order valence-corrected chi connectivity index (χ3v) is 3.75. The molecular weight excluding hydrogens is 230 g/mol. The molecule has 1 aromatic rings. The standard InChI is InChI=1S/C9H10BrN3/c10-6-9(1-2-9)7-13-4-3-12-8(13)5-11/h3-4H,1-2,6-7H2. The molecular formula is C9H10BrN3. The second kappa shape index (κ2) is 3.15. The number of hydrogen-bond acceptors (Lipinski definition) is 2. The van der Waals surface area contributed by atoms with Gasteiger partial charge in [-0.3, -0.25) is 0 Å². The number of nitrogens with zero attached hydrogens (tertiary/aromatic N) is 3. The molecule has 3 nitrogen and oxygen atoms in total. The summed E-state index contributed by atoms with van der Waals surface area (Å²) >= 11 is 3.51. The molecule has 13 heavy (non-hydrogen) atoms. The first-order chi connectivity index (χ1) is 6.29. The second-order valence-electron chi connectivity index (χ2n) is 3.62. The third kappa shape index (κ3) is 1.61. The molecule has 4 heteroatoms. The highest BCUT2D eigenvalue weighted by Gasteiger charge is 2.41. The summed E-state index contributed by atoms with van der Waals surface area (Å²) in [5.41, 5.74) is 0.395. The molecule has 1 saturated carbocycles. The second-order valence-corrected chi connectivity index (χ2v) is 4.18. The van der Waals surface area contributed by atoms with E-state index in [2.05, 4.69) is 27.0 Å². The van der Waals surface area contributed by atoms with Crippen LogP contribution >= 0.6 is 15.9 Å². The zero-order valence-corrected chi connectivity index (χ0v) is 8.79. The average Bonchev–Trinajstić information content (AvgIpc) is 2.78. The Bertz CT molecular complexity index is 346. The Hall–Kier alpha value is -0.820. The van der Waals surface area contributed by atoms with Gasteiger partial charge in [0.2, 0.25) is 5.82 Å². The summed E-state index contributed by atoms with van der Waals surface area (Å²) < 4.78 is 1.94. The van der Waals surface area contributed by atoms with Crippen LogP contribution < -0.4 is 0 Å². The van der Waals surface area contributed by atoms with E-state index in [-0.39, 0.29) is 0 Å². The number of halogens is 1. The van der Waals surface area contributed by atoms with Crippen LogP contribution in [0.15, 0.2) is 12.4 Å². The number of aromatic nitrogens is 2. The Morgan fingerprint density at radius 1 is 1.69 bits per heavy atom. The van der Waals surface area contributed by atoms with Gasteiger partial charge < -0.3 is 4.57 Å². The van der Waals surface area contributed by atoms with E-state index in [9.17, 15) is 0 Å². The highest BCUT2D eigenvalue weighted by molar-refractivity contribution is 9.09. The lowest BCUT2D eigenvalue weighted by Gasteiger charge is -2.12. The van der Waals surface area contributed by atoms with E-state index >= 15 is 0 Å². The van der Waals surface area contributed by atoms with Crippen LogP contribution in [0.5, 0.6) is 0 Å². The molecule has 1 fully saturated rings. The number of nitriles is 1. The van der Waals surface area contributed by atoms with Gasteiger partial charge in [0, 0.05) is 24.3 Å². The van der Waals surface area contributed by atoms with Crippen molar-refractivity contribution in [2.45, 2.75) is 19.4 Å².